The third kappa shape index (κ3) is 4.59. The summed E-state index contributed by atoms with van der Waals surface area (Å²) in [6.07, 6.45) is 1.98. The summed E-state index contributed by atoms with van der Waals surface area (Å²) < 4.78 is 13.1. The number of anilines is 1. The van der Waals surface area contributed by atoms with Gasteiger partial charge in [-0.25, -0.2) is 9.78 Å². The molecule has 0 atom stereocenters. The number of nitrogens with one attached hydrogen (secondary N) is 1. The van der Waals surface area contributed by atoms with Gasteiger partial charge in [0.1, 0.15) is 28.7 Å². The second-order valence-electron chi connectivity index (χ2n) is 8.15. The molecule has 0 saturated carbocycles. The first kappa shape index (κ1) is 22.2. The van der Waals surface area contributed by atoms with Crippen LogP contribution < -0.4 is 14.8 Å². The second-order valence-corrected chi connectivity index (χ2v) is 8.15. The maximum atomic E-state index is 13.0. The van der Waals surface area contributed by atoms with Gasteiger partial charge in [0.2, 0.25) is 0 Å². The van der Waals surface area contributed by atoms with Crippen molar-refractivity contribution in [3.8, 4) is 22.8 Å². The van der Waals surface area contributed by atoms with Gasteiger partial charge in [-0.1, -0.05) is 54.6 Å². The molecule has 5 rings (SSSR count). The van der Waals surface area contributed by atoms with Crippen molar-refractivity contribution in [2.24, 2.45) is 0 Å². The van der Waals surface area contributed by atoms with Gasteiger partial charge < -0.3 is 14.8 Å². The van der Waals surface area contributed by atoms with Crippen LogP contribution in [0.2, 0.25) is 0 Å². The number of rotatable bonds is 7. The summed E-state index contributed by atoms with van der Waals surface area (Å²) >= 11 is 0. The molecule has 0 fully saturated rings. The average Bonchev–Trinajstić information content (AvgIpc) is 3.28. The molecule has 2 aromatic heterocycles. The number of esters is 1. The van der Waals surface area contributed by atoms with Crippen molar-refractivity contribution in [2.45, 2.75) is 13.5 Å². The minimum atomic E-state index is -0.463. The summed E-state index contributed by atoms with van der Waals surface area (Å²) in [5, 5.41) is 3.55. The second kappa shape index (κ2) is 9.73. The van der Waals surface area contributed by atoms with E-state index in [1.54, 1.807) is 37.4 Å². The number of imidazole rings is 1. The summed E-state index contributed by atoms with van der Waals surface area (Å²) in [6.45, 7) is 2.66. The SMILES string of the molecule is COc1cccc(C(=O)Oc2ccccc2-c2nc3c(C)cccn3c2NCc2ccccc2)c1. The highest BCUT2D eigenvalue weighted by molar-refractivity contribution is 5.93. The van der Waals surface area contributed by atoms with Crippen molar-refractivity contribution in [3.63, 3.8) is 0 Å². The Morgan fingerprint density at radius 1 is 0.943 bits per heavy atom. The fourth-order valence-corrected chi connectivity index (χ4v) is 4.00. The molecular weight excluding hydrogens is 438 g/mol. The zero-order valence-electron chi connectivity index (χ0n) is 19.6. The number of benzene rings is 3. The molecule has 0 aliphatic carbocycles. The molecule has 6 nitrogen and oxygen atoms in total. The number of ether oxygens (including phenoxy) is 2. The maximum Gasteiger partial charge on any atom is 0.343 e. The number of hydrogen-bond donors (Lipinski definition) is 1. The van der Waals surface area contributed by atoms with E-state index in [0.717, 1.165) is 28.2 Å². The lowest BCUT2D eigenvalue weighted by Crippen LogP contribution is -2.09. The Bertz CT molecular complexity index is 1490. The number of carbonyl (C=O) groups excluding carboxylic acids is 1. The van der Waals surface area contributed by atoms with E-state index < -0.39 is 5.97 Å². The number of aryl methyl sites for hydroxylation is 1. The van der Waals surface area contributed by atoms with Crippen molar-refractivity contribution >= 4 is 17.4 Å². The highest BCUT2D eigenvalue weighted by Crippen LogP contribution is 2.36. The molecule has 0 aliphatic rings. The van der Waals surface area contributed by atoms with Crippen LogP contribution in [0.4, 0.5) is 5.82 Å². The molecular formula is C29H25N3O3. The van der Waals surface area contributed by atoms with E-state index >= 15 is 0 Å². The highest BCUT2D eigenvalue weighted by Gasteiger charge is 2.20. The molecule has 2 heterocycles. The summed E-state index contributed by atoms with van der Waals surface area (Å²) in [4.78, 5) is 17.9. The number of para-hydroxylation sites is 1. The number of fused-ring (bicyclic) bond motifs is 1. The van der Waals surface area contributed by atoms with Gasteiger partial charge in [0.05, 0.1) is 12.7 Å². The highest BCUT2D eigenvalue weighted by atomic mass is 16.5. The van der Waals surface area contributed by atoms with Crippen LogP contribution in [0.1, 0.15) is 21.5 Å². The minimum Gasteiger partial charge on any atom is -0.497 e. The molecule has 0 spiro atoms. The van der Waals surface area contributed by atoms with Crippen LogP contribution in [0.15, 0.2) is 97.2 Å². The lowest BCUT2D eigenvalue weighted by Gasteiger charge is -2.12. The maximum absolute atomic E-state index is 13.0. The number of nitrogens with zero attached hydrogens (tertiary/aromatic N) is 2. The fourth-order valence-electron chi connectivity index (χ4n) is 4.00. The van der Waals surface area contributed by atoms with Gasteiger partial charge in [0.15, 0.2) is 0 Å². The lowest BCUT2D eigenvalue weighted by atomic mass is 10.1. The fraction of sp³-hybridized carbons (Fsp3) is 0.103. The van der Waals surface area contributed by atoms with Crippen LogP contribution in [0.3, 0.4) is 0 Å². The number of aromatic nitrogens is 2. The molecule has 0 bridgehead atoms. The quantitative estimate of drug-likeness (QED) is 0.232. The minimum absolute atomic E-state index is 0.410. The van der Waals surface area contributed by atoms with E-state index in [0.29, 0.717) is 29.3 Å². The van der Waals surface area contributed by atoms with Crippen molar-refractivity contribution in [1.29, 1.82) is 0 Å². The molecule has 6 heteroatoms. The van der Waals surface area contributed by atoms with Gasteiger partial charge >= 0.3 is 5.97 Å². The van der Waals surface area contributed by atoms with Crippen LogP contribution in [0.5, 0.6) is 11.5 Å². The molecule has 0 saturated heterocycles. The third-order valence-electron chi connectivity index (χ3n) is 5.80. The summed E-state index contributed by atoms with van der Waals surface area (Å²) in [6, 6.07) is 28.6. The Balaban J connectivity index is 1.55. The predicted molar refractivity (Wildman–Crippen MR) is 137 cm³/mol. The number of pyridine rings is 1. The molecule has 1 N–H and O–H groups in total. The van der Waals surface area contributed by atoms with Crippen molar-refractivity contribution < 1.29 is 14.3 Å². The first-order valence-electron chi connectivity index (χ1n) is 11.3. The molecule has 35 heavy (non-hydrogen) atoms. The van der Waals surface area contributed by atoms with Gasteiger partial charge in [-0.2, -0.15) is 0 Å². The molecule has 0 amide bonds. The number of hydrogen-bond acceptors (Lipinski definition) is 5. The van der Waals surface area contributed by atoms with Crippen molar-refractivity contribution in [2.75, 3.05) is 12.4 Å². The lowest BCUT2D eigenvalue weighted by molar-refractivity contribution is 0.0735. The van der Waals surface area contributed by atoms with E-state index in [-0.39, 0.29) is 0 Å². The van der Waals surface area contributed by atoms with Crippen molar-refractivity contribution in [1.82, 2.24) is 9.38 Å². The Morgan fingerprint density at radius 3 is 2.57 bits per heavy atom. The third-order valence-corrected chi connectivity index (χ3v) is 5.80. The molecule has 3 aromatic carbocycles. The predicted octanol–water partition coefficient (Wildman–Crippen LogP) is 6.15. The Kier molecular flexibility index (Phi) is 6.18. The molecule has 0 aliphatic heterocycles. The van der Waals surface area contributed by atoms with Crippen LogP contribution in [0, 0.1) is 6.92 Å². The Labute approximate surface area is 203 Å². The standard InChI is InChI=1S/C29H25N3O3/c1-20-10-9-17-32-27(20)31-26(28(32)30-19-21-11-4-3-5-12-21)24-15-6-7-16-25(24)35-29(33)22-13-8-14-23(18-22)34-2/h3-18,30H,19H2,1-2H3. The molecule has 5 aromatic rings. The van der Waals surface area contributed by atoms with Crippen LogP contribution >= 0.6 is 0 Å². The van der Waals surface area contributed by atoms with Gasteiger partial charge in [-0.05, 0) is 54.4 Å². The number of methoxy groups -OCH3 is 1. The van der Waals surface area contributed by atoms with E-state index in [4.69, 9.17) is 14.5 Å². The Morgan fingerprint density at radius 2 is 1.74 bits per heavy atom. The van der Waals surface area contributed by atoms with E-state index in [9.17, 15) is 4.79 Å². The molecule has 0 radical (unpaired) electrons. The zero-order chi connectivity index (χ0) is 24.2. The first-order chi connectivity index (χ1) is 17.1. The normalized spacial score (nSPS) is 10.8. The topological polar surface area (TPSA) is 64.9 Å². The smallest absolute Gasteiger partial charge is 0.343 e. The van der Waals surface area contributed by atoms with E-state index in [1.807, 2.05) is 66.1 Å². The molecule has 0 unspecified atom stereocenters. The summed E-state index contributed by atoms with van der Waals surface area (Å²) in [5.74, 6) is 1.40. The van der Waals surface area contributed by atoms with Gasteiger partial charge in [-0.15, -0.1) is 0 Å². The first-order valence-corrected chi connectivity index (χ1v) is 11.3. The van der Waals surface area contributed by atoms with Crippen LogP contribution in [-0.4, -0.2) is 22.5 Å². The van der Waals surface area contributed by atoms with Crippen LogP contribution in [-0.2, 0) is 6.54 Å². The monoisotopic (exact) mass is 463 g/mol. The average molecular weight is 464 g/mol. The van der Waals surface area contributed by atoms with Crippen molar-refractivity contribution in [3.05, 3.63) is 114 Å². The summed E-state index contributed by atoms with van der Waals surface area (Å²) in [7, 11) is 1.56. The van der Waals surface area contributed by atoms with E-state index in [1.165, 1.54) is 0 Å². The van der Waals surface area contributed by atoms with Gasteiger partial charge in [0, 0.05) is 18.3 Å². The molecule has 174 valence electrons. The number of carbonyl (C=O) groups is 1. The van der Waals surface area contributed by atoms with Gasteiger partial charge in [0.25, 0.3) is 0 Å². The largest absolute Gasteiger partial charge is 0.497 e. The van der Waals surface area contributed by atoms with Gasteiger partial charge in [-0.3, -0.25) is 4.40 Å². The van der Waals surface area contributed by atoms with Crippen LogP contribution in [0.25, 0.3) is 16.9 Å². The zero-order valence-corrected chi connectivity index (χ0v) is 19.6. The Hall–Kier alpha value is -4.58. The summed E-state index contributed by atoms with van der Waals surface area (Å²) in [5.41, 5.74) is 4.89. The van der Waals surface area contributed by atoms with E-state index in [2.05, 4.69) is 17.4 Å².